The van der Waals surface area contributed by atoms with Gasteiger partial charge in [-0.3, -0.25) is 9.63 Å². The molecule has 0 radical (unpaired) electrons. The average molecular weight is 267 g/mol. The van der Waals surface area contributed by atoms with Crippen LogP contribution in [0.25, 0.3) is 0 Å². The van der Waals surface area contributed by atoms with Crippen LogP contribution in [0, 0.1) is 0 Å². The van der Waals surface area contributed by atoms with Crippen molar-refractivity contribution in [3.8, 4) is 5.75 Å². The van der Waals surface area contributed by atoms with Gasteiger partial charge in [0.25, 0.3) is 0 Å². The van der Waals surface area contributed by atoms with Gasteiger partial charge in [-0.05, 0) is 38.5 Å². The molecule has 0 saturated carbocycles. The molecule has 0 aromatic heterocycles. The molecule has 0 aliphatic carbocycles. The van der Waals surface area contributed by atoms with E-state index in [4.69, 9.17) is 9.57 Å². The third-order valence-corrected chi connectivity index (χ3v) is 2.37. The summed E-state index contributed by atoms with van der Waals surface area (Å²) < 4.78 is 4.74. The molecule has 2 N–H and O–H groups in total. The van der Waals surface area contributed by atoms with E-state index in [2.05, 4.69) is 5.48 Å². The number of carbonyl (C=O) groups is 1. The van der Waals surface area contributed by atoms with E-state index in [9.17, 15) is 9.90 Å². The molecular formula is C14H21NO4. The van der Waals surface area contributed by atoms with Gasteiger partial charge in [-0.1, -0.05) is 12.1 Å². The summed E-state index contributed by atoms with van der Waals surface area (Å²) in [5.74, 6) is -0.199. The second-order valence-corrected chi connectivity index (χ2v) is 5.28. The van der Waals surface area contributed by atoms with Crippen molar-refractivity contribution in [1.82, 2.24) is 5.48 Å². The van der Waals surface area contributed by atoms with Gasteiger partial charge in [0.05, 0.1) is 12.7 Å². The van der Waals surface area contributed by atoms with Crippen molar-refractivity contribution in [2.75, 3.05) is 7.11 Å². The van der Waals surface area contributed by atoms with Gasteiger partial charge in [0.1, 0.15) is 11.8 Å². The van der Waals surface area contributed by atoms with Crippen LogP contribution in [0.5, 0.6) is 5.75 Å². The number of benzene rings is 1. The zero-order chi connectivity index (χ0) is 14.5. The van der Waals surface area contributed by atoms with Crippen LogP contribution in [0.15, 0.2) is 24.3 Å². The fourth-order valence-corrected chi connectivity index (χ4v) is 1.43. The Labute approximate surface area is 113 Å². The number of carbonyl (C=O) groups excluding carboxylic acids is 1. The number of ether oxygens (including phenoxy) is 1. The Bertz CT molecular complexity index is 408. The molecule has 5 nitrogen and oxygen atoms in total. The molecule has 0 heterocycles. The van der Waals surface area contributed by atoms with Crippen molar-refractivity contribution < 1.29 is 19.5 Å². The van der Waals surface area contributed by atoms with Crippen molar-refractivity contribution in [3.63, 3.8) is 0 Å². The van der Waals surface area contributed by atoms with Gasteiger partial charge in [0.15, 0.2) is 0 Å². The second-order valence-electron chi connectivity index (χ2n) is 5.28. The van der Waals surface area contributed by atoms with Crippen LogP contribution in [0.2, 0.25) is 0 Å². The zero-order valence-corrected chi connectivity index (χ0v) is 11.8. The van der Waals surface area contributed by atoms with Gasteiger partial charge >= 0.3 is 5.97 Å². The molecule has 1 aromatic rings. The molecule has 0 aliphatic rings. The standard InChI is InChI=1S/C14H21NO4/c1-14(2,3)19-15-12(13(17)18-4)9-10-5-7-11(16)8-6-10/h5-8,12,15-16H,9H2,1-4H3. The molecular weight excluding hydrogens is 246 g/mol. The van der Waals surface area contributed by atoms with Gasteiger partial charge in [-0.25, -0.2) is 0 Å². The van der Waals surface area contributed by atoms with Gasteiger partial charge in [0, 0.05) is 6.42 Å². The Balaban J connectivity index is 2.69. The van der Waals surface area contributed by atoms with Gasteiger partial charge in [-0.2, -0.15) is 5.48 Å². The summed E-state index contributed by atoms with van der Waals surface area (Å²) >= 11 is 0. The number of esters is 1. The van der Waals surface area contributed by atoms with Crippen LogP contribution in [-0.4, -0.2) is 29.8 Å². The van der Waals surface area contributed by atoms with Crippen molar-refractivity contribution in [3.05, 3.63) is 29.8 Å². The van der Waals surface area contributed by atoms with Crippen LogP contribution < -0.4 is 5.48 Å². The molecule has 0 amide bonds. The molecule has 19 heavy (non-hydrogen) atoms. The van der Waals surface area contributed by atoms with Crippen molar-refractivity contribution in [2.45, 2.75) is 38.8 Å². The van der Waals surface area contributed by atoms with E-state index in [1.54, 1.807) is 24.3 Å². The third-order valence-electron chi connectivity index (χ3n) is 2.37. The number of rotatable bonds is 5. The smallest absolute Gasteiger partial charge is 0.325 e. The molecule has 106 valence electrons. The summed E-state index contributed by atoms with van der Waals surface area (Å²) in [6.07, 6.45) is 0.420. The first-order valence-electron chi connectivity index (χ1n) is 6.11. The highest BCUT2D eigenvalue weighted by Crippen LogP contribution is 2.13. The molecule has 1 unspecified atom stereocenters. The summed E-state index contributed by atoms with van der Waals surface area (Å²) in [6, 6.07) is 6.07. The van der Waals surface area contributed by atoms with E-state index in [0.29, 0.717) is 6.42 Å². The quantitative estimate of drug-likeness (QED) is 0.629. The zero-order valence-electron chi connectivity index (χ0n) is 11.8. The highest BCUT2D eigenvalue weighted by molar-refractivity contribution is 5.75. The Kier molecular flexibility index (Phi) is 5.32. The van der Waals surface area contributed by atoms with Crippen LogP contribution in [0.4, 0.5) is 0 Å². The van der Waals surface area contributed by atoms with E-state index < -0.39 is 17.6 Å². The summed E-state index contributed by atoms with van der Waals surface area (Å²) in [4.78, 5) is 17.1. The Morgan fingerprint density at radius 3 is 2.37 bits per heavy atom. The molecule has 0 spiro atoms. The minimum atomic E-state index is -0.589. The lowest BCUT2D eigenvalue weighted by Gasteiger charge is -2.23. The normalized spacial score (nSPS) is 13.1. The molecule has 0 fully saturated rings. The number of hydrogen-bond donors (Lipinski definition) is 2. The maximum absolute atomic E-state index is 11.7. The molecule has 5 heteroatoms. The van der Waals surface area contributed by atoms with Crippen LogP contribution in [0.3, 0.4) is 0 Å². The third kappa shape index (κ3) is 5.72. The molecule has 0 saturated heterocycles. The fraction of sp³-hybridized carbons (Fsp3) is 0.500. The lowest BCUT2D eigenvalue weighted by molar-refractivity contribution is -0.153. The average Bonchev–Trinajstić information content (AvgIpc) is 2.34. The van der Waals surface area contributed by atoms with E-state index >= 15 is 0 Å². The van der Waals surface area contributed by atoms with E-state index in [1.807, 2.05) is 20.8 Å². The van der Waals surface area contributed by atoms with Crippen LogP contribution in [0.1, 0.15) is 26.3 Å². The fourth-order valence-electron chi connectivity index (χ4n) is 1.43. The van der Waals surface area contributed by atoms with E-state index in [-0.39, 0.29) is 5.75 Å². The highest BCUT2D eigenvalue weighted by Gasteiger charge is 2.22. The molecule has 0 aliphatic heterocycles. The first-order chi connectivity index (χ1) is 8.81. The monoisotopic (exact) mass is 267 g/mol. The minimum Gasteiger partial charge on any atom is -0.508 e. The van der Waals surface area contributed by atoms with Crippen molar-refractivity contribution >= 4 is 5.97 Å². The highest BCUT2D eigenvalue weighted by atomic mass is 16.7. The lowest BCUT2D eigenvalue weighted by atomic mass is 10.1. The Morgan fingerprint density at radius 2 is 1.89 bits per heavy atom. The SMILES string of the molecule is COC(=O)C(Cc1ccc(O)cc1)NOC(C)(C)C. The van der Waals surface area contributed by atoms with Crippen molar-refractivity contribution in [2.24, 2.45) is 0 Å². The predicted molar refractivity (Wildman–Crippen MR) is 71.6 cm³/mol. The lowest BCUT2D eigenvalue weighted by Crippen LogP contribution is -2.43. The summed E-state index contributed by atoms with van der Waals surface area (Å²) in [6.45, 7) is 5.65. The molecule has 1 aromatic carbocycles. The van der Waals surface area contributed by atoms with Crippen LogP contribution >= 0.6 is 0 Å². The van der Waals surface area contributed by atoms with E-state index in [1.165, 1.54) is 7.11 Å². The maximum Gasteiger partial charge on any atom is 0.325 e. The maximum atomic E-state index is 11.7. The number of aromatic hydroxyl groups is 1. The second kappa shape index (κ2) is 6.54. The van der Waals surface area contributed by atoms with E-state index in [0.717, 1.165) is 5.56 Å². The van der Waals surface area contributed by atoms with Gasteiger partial charge < -0.3 is 9.84 Å². The number of phenols is 1. The first kappa shape index (κ1) is 15.5. The van der Waals surface area contributed by atoms with Gasteiger partial charge in [-0.15, -0.1) is 0 Å². The topological polar surface area (TPSA) is 67.8 Å². The number of phenolic OH excluding ortho intramolecular Hbond substituents is 1. The number of hydrogen-bond acceptors (Lipinski definition) is 5. The van der Waals surface area contributed by atoms with Crippen molar-refractivity contribution in [1.29, 1.82) is 0 Å². The summed E-state index contributed by atoms with van der Waals surface area (Å²) in [7, 11) is 1.34. The summed E-state index contributed by atoms with van der Waals surface area (Å²) in [5.41, 5.74) is 3.24. The largest absolute Gasteiger partial charge is 0.508 e. The molecule has 1 atom stereocenters. The predicted octanol–water partition coefficient (Wildman–Crippen LogP) is 1.80. The number of hydroxylamine groups is 1. The minimum absolute atomic E-state index is 0.192. The number of methoxy groups -OCH3 is 1. The Hall–Kier alpha value is -1.59. The summed E-state index contributed by atoms with van der Waals surface area (Å²) in [5, 5.41) is 9.22. The number of nitrogens with one attached hydrogen (secondary N) is 1. The molecule has 1 rings (SSSR count). The first-order valence-corrected chi connectivity index (χ1v) is 6.11. The van der Waals surface area contributed by atoms with Crippen LogP contribution in [-0.2, 0) is 20.8 Å². The Morgan fingerprint density at radius 1 is 1.32 bits per heavy atom. The molecule has 0 bridgehead atoms. The van der Waals surface area contributed by atoms with Gasteiger partial charge in [0.2, 0.25) is 0 Å².